The summed E-state index contributed by atoms with van der Waals surface area (Å²) in [6, 6.07) is 0. The zero-order chi connectivity index (χ0) is 9.72. The summed E-state index contributed by atoms with van der Waals surface area (Å²) < 4.78 is -0.817. The molecule has 0 unspecified atom stereocenters. The Morgan fingerprint density at radius 1 is 1.33 bits per heavy atom. The van der Waals surface area contributed by atoms with Crippen LogP contribution in [0, 0.1) is 0 Å². The third-order valence-electron chi connectivity index (χ3n) is 1.37. The van der Waals surface area contributed by atoms with Crippen molar-refractivity contribution in [2.45, 2.75) is 22.2 Å². The van der Waals surface area contributed by atoms with Crippen molar-refractivity contribution in [1.29, 1.82) is 0 Å². The lowest BCUT2D eigenvalue weighted by Gasteiger charge is -2.22. The van der Waals surface area contributed by atoms with E-state index in [0.717, 1.165) is 0 Å². The highest BCUT2D eigenvalue weighted by Crippen LogP contribution is 2.13. The van der Waals surface area contributed by atoms with Crippen molar-refractivity contribution in [2.24, 2.45) is 0 Å². The van der Waals surface area contributed by atoms with Crippen LogP contribution in [0.5, 0.6) is 0 Å². The fourth-order valence-electron chi connectivity index (χ4n) is 0.597. The van der Waals surface area contributed by atoms with Crippen LogP contribution < -0.4 is 0 Å². The van der Waals surface area contributed by atoms with Crippen LogP contribution in [-0.4, -0.2) is 55.6 Å². The van der Waals surface area contributed by atoms with Crippen molar-refractivity contribution in [3.63, 3.8) is 0 Å². The smallest absolute Gasteiger partial charge is 0.149 e. The number of aliphatic hydroxyl groups is 4. The summed E-state index contributed by atoms with van der Waals surface area (Å²) in [7, 11) is 0. The summed E-state index contributed by atoms with van der Waals surface area (Å²) >= 11 is 1.63. The standard InChI is InChI=1S/C6H11IO5/c7-5(3(10)1-8)6(12)4(11)2-9/h1,3-6,9-12H,2H2/t3-,4+,5+,6-/m0/s1/i7-4. The molecule has 0 fully saturated rings. The maximum atomic E-state index is 10.1. The van der Waals surface area contributed by atoms with Gasteiger partial charge in [-0.25, -0.2) is 0 Å². The molecule has 72 valence electrons. The molecular formula is C6H11IO5. The van der Waals surface area contributed by atoms with Crippen LogP contribution in [0.2, 0.25) is 0 Å². The van der Waals surface area contributed by atoms with Gasteiger partial charge in [0.2, 0.25) is 0 Å². The third kappa shape index (κ3) is 3.31. The number of halogens is 1. The lowest BCUT2D eigenvalue weighted by atomic mass is 10.1. The lowest BCUT2D eigenvalue weighted by molar-refractivity contribution is -0.116. The number of aldehydes is 1. The molecule has 0 aromatic carbocycles. The summed E-state index contributed by atoms with van der Waals surface area (Å²) in [6.45, 7) is -0.605. The molecule has 0 aliphatic rings. The first kappa shape index (κ1) is 12.2. The van der Waals surface area contributed by atoms with Crippen LogP contribution in [0.1, 0.15) is 0 Å². The number of carbonyl (C=O) groups excluding carboxylic acids is 1. The maximum absolute atomic E-state index is 10.1. The molecule has 0 aromatic rings. The Bertz CT molecular complexity index is 142. The first-order valence-electron chi connectivity index (χ1n) is 3.29. The van der Waals surface area contributed by atoms with Gasteiger partial charge in [0.15, 0.2) is 0 Å². The van der Waals surface area contributed by atoms with Crippen molar-refractivity contribution in [1.82, 2.24) is 0 Å². The number of alkyl halides is 1. The molecule has 0 spiro atoms. The van der Waals surface area contributed by atoms with E-state index in [1.54, 1.807) is 22.6 Å². The number of hydrogen-bond acceptors (Lipinski definition) is 5. The number of rotatable bonds is 5. The van der Waals surface area contributed by atoms with Crippen LogP contribution in [0.3, 0.4) is 0 Å². The van der Waals surface area contributed by atoms with Crippen LogP contribution in [0.25, 0.3) is 0 Å². The molecule has 0 amide bonds. The summed E-state index contributed by atoms with van der Waals surface area (Å²) in [5, 5.41) is 35.4. The molecule has 5 nitrogen and oxygen atoms in total. The summed E-state index contributed by atoms with van der Waals surface area (Å²) in [5.41, 5.74) is 0. The van der Waals surface area contributed by atoms with E-state index < -0.39 is 28.8 Å². The first-order valence-corrected chi connectivity index (χ1v) is 4.53. The highest BCUT2D eigenvalue weighted by atomic mass is 123. The van der Waals surface area contributed by atoms with E-state index in [1.165, 1.54) is 0 Å². The predicted octanol–water partition coefficient (Wildman–Crippen LogP) is -1.94. The Hall–Kier alpha value is 0.240. The topological polar surface area (TPSA) is 98.0 Å². The highest BCUT2D eigenvalue weighted by Gasteiger charge is 2.28. The zero-order valence-electron chi connectivity index (χ0n) is 6.17. The molecule has 4 N–H and O–H groups in total. The monoisotopic (exact) mass is 286 g/mol. The van der Waals surface area contributed by atoms with Crippen molar-refractivity contribution in [3.05, 3.63) is 0 Å². The van der Waals surface area contributed by atoms with Gasteiger partial charge >= 0.3 is 0 Å². The molecule has 0 saturated heterocycles. The van der Waals surface area contributed by atoms with E-state index in [4.69, 9.17) is 20.4 Å². The van der Waals surface area contributed by atoms with Gasteiger partial charge in [-0.2, -0.15) is 0 Å². The molecule has 0 aliphatic carbocycles. The van der Waals surface area contributed by atoms with Crippen LogP contribution in [-0.2, 0) is 4.79 Å². The summed E-state index contributed by atoms with van der Waals surface area (Å²) in [4.78, 5) is 10.1. The Morgan fingerprint density at radius 2 is 1.83 bits per heavy atom. The second-order valence-electron chi connectivity index (χ2n) is 2.31. The molecule has 0 aliphatic heterocycles. The van der Waals surface area contributed by atoms with E-state index in [1.807, 2.05) is 0 Å². The van der Waals surface area contributed by atoms with Gasteiger partial charge in [0, 0.05) is 0 Å². The average Bonchev–Trinajstić information content (AvgIpc) is 2.12. The van der Waals surface area contributed by atoms with Gasteiger partial charge in [-0.3, -0.25) is 0 Å². The lowest BCUT2D eigenvalue weighted by Crippen LogP contribution is -2.42. The first-order chi connectivity index (χ1) is 5.54. The highest BCUT2D eigenvalue weighted by molar-refractivity contribution is 14.1. The van der Waals surface area contributed by atoms with Gasteiger partial charge in [0.05, 0.1) is 16.6 Å². The molecule has 0 rings (SSSR count). The quantitative estimate of drug-likeness (QED) is 0.268. The van der Waals surface area contributed by atoms with Crippen LogP contribution in [0.4, 0.5) is 0 Å². The van der Waals surface area contributed by atoms with Gasteiger partial charge in [-0.15, -0.1) is 0 Å². The molecule has 4 atom stereocenters. The molecule has 12 heavy (non-hydrogen) atoms. The van der Waals surface area contributed by atoms with Gasteiger partial charge in [0.1, 0.15) is 18.5 Å². The Labute approximate surface area is 83.2 Å². The van der Waals surface area contributed by atoms with Gasteiger partial charge in [0.25, 0.3) is 0 Å². The molecule has 0 bridgehead atoms. The van der Waals surface area contributed by atoms with Crippen molar-refractivity contribution < 1.29 is 25.2 Å². The van der Waals surface area contributed by atoms with E-state index in [0.29, 0.717) is 0 Å². The number of hydrogen-bond donors (Lipinski definition) is 4. The van der Waals surface area contributed by atoms with Gasteiger partial charge < -0.3 is 25.2 Å². The van der Waals surface area contributed by atoms with Crippen LogP contribution in [0.15, 0.2) is 0 Å². The number of carbonyl (C=O) groups is 1. The predicted molar refractivity (Wildman–Crippen MR) is 49.0 cm³/mol. The molecule has 0 radical (unpaired) electrons. The Kier molecular flexibility index (Phi) is 5.93. The minimum Gasteiger partial charge on any atom is -0.394 e. The Balaban J connectivity index is 4.07. The summed E-state index contributed by atoms with van der Waals surface area (Å²) in [6.07, 6.45) is -3.70. The van der Waals surface area contributed by atoms with Gasteiger partial charge in [-0.1, -0.05) is 22.6 Å². The second kappa shape index (κ2) is 5.81. The Morgan fingerprint density at radius 3 is 2.17 bits per heavy atom. The largest absolute Gasteiger partial charge is 0.394 e. The summed E-state index contributed by atoms with van der Waals surface area (Å²) in [5.74, 6) is 0. The third-order valence-corrected chi connectivity index (χ3v) is 2.85. The van der Waals surface area contributed by atoms with Crippen molar-refractivity contribution in [2.75, 3.05) is 6.61 Å². The minimum atomic E-state index is -1.33. The van der Waals surface area contributed by atoms with Gasteiger partial charge in [-0.05, 0) is 0 Å². The fraction of sp³-hybridized carbons (Fsp3) is 0.833. The molecular weight excluding hydrogens is 275 g/mol. The number of aliphatic hydroxyl groups excluding tert-OH is 4. The van der Waals surface area contributed by atoms with E-state index in [-0.39, 0.29) is 6.29 Å². The molecule has 0 aromatic heterocycles. The molecule has 0 saturated carbocycles. The molecule has 0 heterocycles. The van der Waals surface area contributed by atoms with Crippen molar-refractivity contribution in [3.8, 4) is 0 Å². The van der Waals surface area contributed by atoms with Crippen LogP contribution >= 0.6 is 22.6 Å². The van der Waals surface area contributed by atoms with E-state index in [2.05, 4.69) is 0 Å². The van der Waals surface area contributed by atoms with E-state index >= 15 is 0 Å². The minimum absolute atomic E-state index is 0.268. The molecule has 6 heteroatoms. The maximum Gasteiger partial charge on any atom is 0.149 e. The average molecular weight is 286 g/mol. The normalized spacial score (nSPS) is 21.1. The SMILES string of the molecule is O=C[C@H](O)[C@@H]([123I])[C@@H](O)[C@H](O)CO. The zero-order valence-corrected chi connectivity index (χ0v) is 8.33. The van der Waals surface area contributed by atoms with Crippen molar-refractivity contribution >= 4 is 28.9 Å². The fourth-order valence-corrected chi connectivity index (χ4v) is 1.25. The second-order valence-corrected chi connectivity index (χ2v) is 3.75. The van der Waals surface area contributed by atoms with E-state index in [9.17, 15) is 4.79 Å².